The third-order valence-corrected chi connectivity index (χ3v) is 3.72. The lowest BCUT2D eigenvalue weighted by Crippen LogP contribution is -2.21. The minimum Gasteiger partial charge on any atom is -0.308 e. The minimum absolute atomic E-state index is 0.0699. The van der Waals surface area contributed by atoms with Crippen LogP contribution in [0.25, 0.3) is 0 Å². The highest BCUT2D eigenvalue weighted by molar-refractivity contribution is 9.10. The molecule has 1 atom stereocenters. The zero-order chi connectivity index (χ0) is 13.1. The smallest absolute Gasteiger partial charge is 0.0757 e. The van der Waals surface area contributed by atoms with Crippen LogP contribution in [0.1, 0.15) is 24.2 Å². The van der Waals surface area contributed by atoms with Crippen molar-refractivity contribution in [3.8, 4) is 0 Å². The van der Waals surface area contributed by atoms with Crippen molar-refractivity contribution < 1.29 is 0 Å². The summed E-state index contributed by atoms with van der Waals surface area (Å²) < 4.78 is 2.98. The van der Waals surface area contributed by atoms with Gasteiger partial charge in [-0.3, -0.25) is 4.68 Å². The molecule has 18 heavy (non-hydrogen) atoms. The van der Waals surface area contributed by atoms with Crippen molar-refractivity contribution in [1.29, 1.82) is 0 Å². The molecule has 1 aromatic heterocycles. The van der Waals surface area contributed by atoms with Crippen LogP contribution in [0.15, 0.2) is 34.9 Å². The van der Waals surface area contributed by atoms with E-state index in [4.69, 9.17) is 11.6 Å². The fourth-order valence-corrected chi connectivity index (χ4v) is 2.78. The van der Waals surface area contributed by atoms with Crippen LogP contribution in [0, 0.1) is 0 Å². The fraction of sp³-hybridized carbons (Fsp3) is 0.308. The third kappa shape index (κ3) is 2.60. The molecule has 3 nitrogen and oxygen atoms in total. The molecule has 2 aromatic rings. The predicted octanol–water partition coefficient (Wildman–Crippen LogP) is 3.63. The van der Waals surface area contributed by atoms with Crippen molar-refractivity contribution in [3.05, 3.63) is 51.2 Å². The molecule has 0 saturated heterocycles. The summed E-state index contributed by atoms with van der Waals surface area (Å²) in [5, 5.41) is 8.40. The molecule has 0 amide bonds. The summed E-state index contributed by atoms with van der Waals surface area (Å²) in [6.07, 6.45) is 1.83. The van der Waals surface area contributed by atoms with Crippen molar-refractivity contribution in [2.24, 2.45) is 0 Å². The zero-order valence-corrected chi connectivity index (χ0v) is 12.7. The normalized spacial score (nSPS) is 12.7. The summed E-state index contributed by atoms with van der Waals surface area (Å²) in [7, 11) is 1.94. The molecule has 1 heterocycles. The lowest BCUT2D eigenvalue weighted by molar-refractivity contribution is 0.562. The number of nitrogens with zero attached hydrogens (tertiary/aromatic N) is 2. The van der Waals surface area contributed by atoms with E-state index in [9.17, 15) is 0 Å². The van der Waals surface area contributed by atoms with Gasteiger partial charge in [0.15, 0.2) is 0 Å². The molecule has 1 unspecified atom stereocenters. The highest BCUT2D eigenvalue weighted by Crippen LogP contribution is 2.29. The summed E-state index contributed by atoms with van der Waals surface area (Å²) in [5.74, 6) is 0. The monoisotopic (exact) mass is 327 g/mol. The van der Waals surface area contributed by atoms with Gasteiger partial charge in [0.05, 0.1) is 22.4 Å². The van der Waals surface area contributed by atoms with Gasteiger partial charge in [-0.25, -0.2) is 0 Å². The average molecular weight is 329 g/mol. The summed E-state index contributed by atoms with van der Waals surface area (Å²) in [4.78, 5) is 0. The van der Waals surface area contributed by atoms with Crippen LogP contribution in [-0.2, 0) is 6.54 Å². The number of hydrogen-bond acceptors (Lipinski definition) is 2. The topological polar surface area (TPSA) is 29.9 Å². The van der Waals surface area contributed by atoms with E-state index >= 15 is 0 Å². The van der Waals surface area contributed by atoms with E-state index in [2.05, 4.69) is 39.3 Å². The first-order valence-corrected chi connectivity index (χ1v) is 6.98. The van der Waals surface area contributed by atoms with Crippen molar-refractivity contribution in [3.63, 3.8) is 0 Å². The first kappa shape index (κ1) is 13.6. The van der Waals surface area contributed by atoms with Crippen LogP contribution in [0.3, 0.4) is 0 Å². The predicted molar refractivity (Wildman–Crippen MR) is 78.0 cm³/mol. The first-order valence-electron chi connectivity index (χ1n) is 5.81. The van der Waals surface area contributed by atoms with Crippen LogP contribution >= 0.6 is 27.5 Å². The van der Waals surface area contributed by atoms with Gasteiger partial charge in [0, 0.05) is 11.6 Å². The Bertz CT molecular complexity index is 539. The van der Waals surface area contributed by atoms with Crippen LogP contribution in [-0.4, -0.2) is 16.8 Å². The zero-order valence-electron chi connectivity index (χ0n) is 10.3. The average Bonchev–Trinajstić information content (AvgIpc) is 2.72. The molecule has 96 valence electrons. The van der Waals surface area contributed by atoms with E-state index in [-0.39, 0.29) is 6.04 Å². The van der Waals surface area contributed by atoms with Crippen molar-refractivity contribution >= 4 is 27.5 Å². The lowest BCUT2D eigenvalue weighted by atomic mass is 10.0. The van der Waals surface area contributed by atoms with E-state index in [0.717, 1.165) is 27.3 Å². The largest absolute Gasteiger partial charge is 0.308 e. The molecule has 0 radical (unpaired) electrons. The summed E-state index contributed by atoms with van der Waals surface area (Å²) in [6.45, 7) is 2.91. The van der Waals surface area contributed by atoms with Gasteiger partial charge in [0.2, 0.25) is 0 Å². The van der Waals surface area contributed by atoms with Gasteiger partial charge >= 0.3 is 0 Å². The van der Waals surface area contributed by atoms with Crippen molar-refractivity contribution in [2.75, 3.05) is 7.05 Å². The maximum absolute atomic E-state index is 6.06. The second-order valence-corrected chi connectivity index (χ2v) is 5.26. The lowest BCUT2D eigenvalue weighted by Gasteiger charge is -2.19. The molecule has 0 fully saturated rings. The van der Waals surface area contributed by atoms with Gasteiger partial charge < -0.3 is 5.32 Å². The van der Waals surface area contributed by atoms with Gasteiger partial charge in [0.25, 0.3) is 0 Å². The Balaban J connectivity index is 2.48. The molecule has 2 rings (SSSR count). The SMILES string of the molecule is CCn1ncc(Br)c1C(NC)c1cccc(Cl)c1. The number of benzene rings is 1. The molecule has 0 aliphatic carbocycles. The minimum atomic E-state index is 0.0699. The molecule has 1 aromatic carbocycles. The Morgan fingerprint density at radius 2 is 2.28 bits per heavy atom. The Kier molecular flexibility index (Phi) is 4.43. The molecule has 0 saturated carbocycles. The molecular formula is C13H15BrClN3. The van der Waals surface area contributed by atoms with E-state index in [1.54, 1.807) is 0 Å². The van der Waals surface area contributed by atoms with Crippen LogP contribution < -0.4 is 5.32 Å². The molecule has 1 N–H and O–H groups in total. The Labute approximate surface area is 120 Å². The molecule has 0 aliphatic heterocycles. The van der Waals surface area contributed by atoms with Crippen molar-refractivity contribution in [1.82, 2.24) is 15.1 Å². The van der Waals surface area contributed by atoms with Gasteiger partial charge in [-0.15, -0.1) is 0 Å². The highest BCUT2D eigenvalue weighted by Gasteiger charge is 2.20. The Morgan fingerprint density at radius 3 is 2.89 bits per heavy atom. The number of halogens is 2. The highest BCUT2D eigenvalue weighted by atomic mass is 79.9. The molecular weight excluding hydrogens is 314 g/mol. The van der Waals surface area contributed by atoms with Gasteiger partial charge in [0.1, 0.15) is 0 Å². The van der Waals surface area contributed by atoms with E-state index in [1.807, 2.05) is 36.1 Å². The molecule has 5 heteroatoms. The van der Waals surface area contributed by atoms with Gasteiger partial charge in [-0.2, -0.15) is 5.10 Å². The number of hydrogen-bond donors (Lipinski definition) is 1. The Hall–Kier alpha value is -0.840. The fourth-order valence-electron chi connectivity index (χ4n) is 2.06. The number of rotatable bonds is 4. The number of nitrogens with one attached hydrogen (secondary N) is 1. The molecule has 0 aliphatic rings. The summed E-state index contributed by atoms with van der Waals surface area (Å²) in [6, 6.07) is 7.95. The molecule has 0 bridgehead atoms. The quantitative estimate of drug-likeness (QED) is 0.929. The van der Waals surface area contributed by atoms with E-state index in [1.165, 1.54) is 0 Å². The second kappa shape index (κ2) is 5.87. The summed E-state index contributed by atoms with van der Waals surface area (Å²) >= 11 is 9.62. The van der Waals surface area contributed by atoms with E-state index in [0.29, 0.717) is 0 Å². The second-order valence-electron chi connectivity index (χ2n) is 3.97. The van der Waals surface area contributed by atoms with Gasteiger partial charge in [-0.05, 0) is 47.6 Å². The molecule has 0 spiro atoms. The number of aryl methyl sites for hydroxylation is 1. The van der Waals surface area contributed by atoms with E-state index < -0.39 is 0 Å². The maximum Gasteiger partial charge on any atom is 0.0757 e. The maximum atomic E-state index is 6.06. The van der Waals surface area contributed by atoms with Crippen LogP contribution in [0.5, 0.6) is 0 Å². The standard InChI is InChI=1S/C13H15BrClN3/c1-3-18-13(11(14)8-17-18)12(16-2)9-5-4-6-10(15)7-9/h4-8,12,16H,3H2,1-2H3. The van der Waals surface area contributed by atoms with Gasteiger partial charge in [-0.1, -0.05) is 23.7 Å². The van der Waals surface area contributed by atoms with Crippen molar-refractivity contribution in [2.45, 2.75) is 19.5 Å². The van der Waals surface area contributed by atoms with Crippen LogP contribution in [0.2, 0.25) is 5.02 Å². The first-order chi connectivity index (χ1) is 8.67. The summed E-state index contributed by atoms with van der Waals surface area (Å²) in [5.41, 5.74) is 2.24. The third-order valence-electron chi connectivity index (χ3n) is 2.88. The van der Waals surface area contributed by atoms with Crippen LogP contribution in [0.4, 0.5) is 0 Å². The Morgan fingerprint density at radius 1 is 1.50 bits per heavy atom. The number of aromatic nitrogens is 2.